The van der Waals surface area contributed by atoms with Gasteiger partial charge in [-0.3, -0.25) is 4.79 Å². The monoisotopic (exact) mass is 576 g/mol. The molecule has 0 atom stereocenters. The van der Waals surface area contributed by atoms with Crippen LogP contribution in [-0.2, 0) is 4.79 Å². The van der Waals surface area contributed by atoms with E-state index in [-0.39, 0.29) is 34.7 Å². The molecular weight excluding hydrogens is 542 g/mol. The second-order valence-electron chi connectivity index (χ2n) is 10.5. The van der Waals surface area contributed by atoms with Gasteiger partial charge in [0.15, 0.2) is 11.6 Å². The van der Waals surface area contributed by atoms with E-state index in [2.05, 4.69) is 49.0 Å². The lowest BCUT2D eigenvalue weighted by Gasteiger charge is -2.35. The summed E-state index contributed by atoms with van der Waals surface area (Å²) in [5.41, 5.74) is 2.73. The number of hydrogen-bond donors (Lipinski definition) is 2. The molecule has 0 aliphatic carbocycles. The van der Waals surface area contributed by atoms with Gasteiger partial charge in [0.25, 0.3) is 0 Å². The molecule has 2 N–H and O–H groups in total. The van der Waals surface area contributed by atoms with E-state index in [0.29, 0.717) is 28.5 Å². The number of nitrogens with zero attached hydrogens (tertiary/aromatic N) is 6. The van der Waals surface area contributed by atoms with Gasteiger partial charge in [0.1, 0.15) is 22.8 Å². The summed E-state index contributed by atoms with van der Waals surface area (Å²) in [7, 11) is 3.60. The fourth-order valence-electron chi connectivity index (χ4n) is 5.24. The van der Waals surface area contributed by atoms with E-state index in [1.807, 2.05) is 24.5 Å². The van der Waals surface area contributed by atoms with Crippen LogP contribution in [0.4, 0.5) is 31.8 Å². The number of rotatable bonds is 8. The smallest absolute Gasteiger partial charge is 0.247 e. The average Bonchev–Trinajstić information content (AvgIpc) is 3.31. The maximum absolute atomic E-state index is 15.1. The second kappa shape index (κ2) is 11.7. The SMILES string of the molecule is C=CC(=O)Nc1cc(Nc2ncc(F)c(-c3cc(F)c4nc(C)n(C(C)C)c4c3)n2)c(OC)cc1N1CCN(C)CC1. The van der Waals surface area contributed by atoms with Crippen LogP contribution < -0.4 is 20.3 Å². The van der Waals surface area contributed by atoms with Crippen molar-refractivity contribution in [2.75, 3.05) is 55.9 Å². The summed E-state index contributed by atoms with van der Waals surface area (Å²) in [5, 5.41) is 5.96. The summed E-state index contributed by atoms with van der Waals surface area (Å²) >= 11 is 0. The van der Waals surface area contributed by atoms with Gasteiger partial charge in [-0.25, -0.2) is 23.7 Å². The highest BCUT2D eigenvalue weighted by Crippen LogP contribution is 2.39. The highest BCUT2D eigenvalue weighted by Gasteiger charge is 2.22. The van der Waals surface area contributed by atoms with E-state index in [4.69, 9.17) is 4.74 Å². The Bertz CT molecular complexity index is 1660. The minimum Gasteiger partial charge on any atom is -0.494 e. The second-order valence-corrected chi connectivity index (χ2v) is 10.5. The Morgan fingerprint density at radius 3 is 2.48 bits per heavy atom. The quantitative estimate of drug-likeness (QED) is 0.273. The molecule has 5 rings (SSSR count). The van der Waals surface area contributed by atoms with Crippen LogP contribution in [-0.4, -0.2) is 70.7 Å². The molecule has 2 aromatic carbocycles. The first-order chi connectivity index (χ1) is 20.1. The molecule has 4 aromatic rings. The zero-order valence-corrected chi connectivity index (χ0v) is 24.3. The Morgan fingerprint density at radius 2 is 1.81 bits per heavy atom. The van der Waals surface area contributed by atoms with Crippen molar-refractivity contribution >= 4 is 40.0 Å². The number of carbonyl (C=O) groups excluding carboxylic acids is 1. The number of methoxy groups -OCH3 is 1. The van der Waals surface area contributed by atoms with Crippen molar-refractivity contribution < 1.29 is 18.3 Å². The van der Waals surface area contributed by atoms with Gasteiger partial charge >= 0.3 is 0 Å². The van der Waals surface area contributed by atoms with Gasteiger partial charge in [-0.1, -0.05) is 6.58 Å². The van der Waals surface area contributed by atoms with Crippen molar-refractivity contribution in [3.05, 3.63) is 60.6 Å². The zero-order valence-electron chi connectivity index (χ0n) is 24.3. The molecule has 0 saturated carbocycles. The molecule has 1 aliphatic heterocycles. The molecule has 1 fully saturated rings. The lowest BCUT2D eigenvalue weighted by atomic mass is 10.1. The van der Waals surface area contributed by atoms with E-state index >= 15 is 8.78 Å². The maximum atomic E-state index is 15.1. The number of anilines is 4. The van der Waals surface area contributed by atoms with E-state index in [1.165, 1.54) is 19.3 Å². The molecule has 0 bridgehead atoms. The summed E-state index contributed by atoms with van der Waals surface area (Å²) in [6.45, 7) is 12.6. The van der Waals surface area contributed by atoms with Crippen LogP contribution in [0.25, 0.3) is 22.3 Å². The minimum absolute atomic E-state index is 0.0224. The highest BCUT2D eigenvalue weighted by atomic mass is 19.1. The largest absolute Gasteiger partial charge is 0.494 e. The summed E-state index contributed by atoms with van der Waals surface area (Å²) in [5.74, 6) is -0.446. The van der Waals surface area contributed by atoms with E-state index in [0.717, 1.165) is 38.1 Å². The fourth-order valence-corrected chi connectivity index (χ4v) is 5.24. The van der Waals surface area contributed by atoms with Gasteiger partial charge in [-0.2, -0.15) is 0 Å². The molecule has 10 nitrogen and oxygen atoms in total. The highest BCUT2D eigenvalue weighted by molar-refractivity contribution is 6.02. The van der Waals surface area contributed by atoms with Gasteiger partial charge in [0.2, 0.25) is 11.9 Å². The standard InChI is InChI=1S/C30H34F2N8O2/c1-7-27(41)35-22-14-23(26(42-6)15-24(22)39-10-8-38(5)9-11-39)36-30-33-16-21(32)28(37-30)19-12-20(31)29-25(13-19)40(17(2)3)18(4)34-29/h7,12-17H,1,8-11H2,2-6H3,(H,35,41)(H,33,36,37). The van der Waals surface area contributed by atoms with E-state index in [9.17, 15) is 4.79 Å². The minimum atomic E-state index is -0.706. The Kier molecular flexibility index (Phi) is 8.08. The number of fused-ring (bicyclic) bond motifs is 1. The molecular formula is C30H34F2N8O2. The van der Waals surface area contributed by atoms with Crippen LogP contribution >= 0.6 is 0 Å². The van der Waals surface area contributed by atoms with Gasteiger partial charge in [-0.05, 0) is 52.1 Å². The third-order valence-electron chi connectivity index (χ3n) is 7.31. The number of hydrogen-bond acceptors (Lipinski definition) is 8. The van der Waals surface area contributed by atoms with E-state index in [1.54, 1.807) is 19.1 Å². The molecule has 0 unspecified atom stereocenters. The molecule has 0 spiro atoms. The van der Waals surface area contributed by atoms with Crippen molar-refractivity contribution in [1.82, 2.24) is 24.4 Å². The van der Waals surface area contributed by atoms with Crippen molar-refractivity contribution in [2.24, 2.45) is 0 Å². The maximum Gasteiger partial charge on any atom is 0.247 e. The molecule has 0 radical (unpaired) electrons. The average molecular weight is 577 g/mol. The molecule has 42 heavy (non-hydrogen) atoms. The molecule has 1 amide bonds. The lowest BCUT2D eigenvalue weighted by Crippen LogP contribution is -2.44. The van der Waals surface area contributed by atoms with Crippen LogP contribution in [0.5, 0.6) is 5.75 Å². The number of carbonyl (C=O) groups is 1. The first-order valence-electron chi connectivity index (χ1n) is 13.7. The summed E-state index contributed by atoms with van der Waals surface area (Å²) < 4.78 is 37.8. The number of aryl methyl sites for hydroxylation is 1. The number of imidazole rings is 1. The van der Waals surface area contributed by atoms with Gasteiger partial charge < -0.3 is 29.7 Å². The third-order valence-corrected chi connectivity index (χ3v) is 7.31. The first kappa shape index (κ1) is 28.9. The van der Waals surface area contributed by atoms with Crippen molar-refractivity contribution in [1.29, 1.82) is 0 Å². The van der Waals surface area contributed by atoms with Crippen molar-refractivity contribution in [2.45, 2.75) is 26.8 Å². The summed E-state index contributed by atoms with van der Waals surface area (Å²) in [4.78, 5) is 29.6. The van der Waals surface area contributed by atoms with Gasteiger partial charge in [0, 0.05) is 43.9 Å². The number of aromatic nitrogens is 4. The molecule has 3 heterocycles. The van der Waals surface area contributed by atoms with E-state index < -0.39 is 11.6 Å². The number of ether oxygens (including phenoxy) is 1. The number of likely N-dealkylation sites (N-methyl/N-ethyl adjacent to an activating group) is 1. The fraction of sp³-hybridized carbons (Fsp3) is 0.333. The van der Waals surface area contributed by atoms with Crippen LogP contribution in [0.15, 0.2) is 43.1 Å². The predicted molar refractivity (Wildman–Crippen MR) is 161 cm³/mol. The molecule has 1 saturated heterocycles. The number of halogens is 2. The van der Waals surface area contributed by atoms with Gasteiger partial charge in [0.05, 0.1) is 35.9 Å². The molecule has 2 aromatic heterocycles. The first-order valence-corrected chi connectivity index (χ1v) is 13.7. The normalized spacial score (nSPS) is 14.0. The van der Waals surface area contributed by atoms with Crippen LogP contribution in [0.2, 0.25) is 0 Å². The van der Waals surface area contributed by atoms with Crippen molar-refractivity contribution in [3.8, 4) is 17.0 Å². The van der Waals surface area contributed by atoms with Gasteiger partial charge in [-0.15, -0.1) is 0 Å². The predicted octanol–water partition coefficient (Wildman–Crippen LogP) is 5.29. The topological polar surface area (TPSA) is 100 Å². The van der Waals surface area contributed by atoms with Crippen LogP contribution in [0.1, 0.15) is 25.7 Å². The Morgan fingerprint density at radius 1 is 1.07 bits per heavy atom. The number of piperazine rings is 1. The lowest BCUT2D eigenvalue weighted by molar-refractivity contribution is -0.111. The Hall–Kier alpha value is -4.58. The Balaban J connectivity index is 1.55. The molecule has 1 aliphatic rings. The summed E-state index contributed by atoms with van der Waals surface area (Å²) in [6, 6.07) is 6.48. The number of nitrogens with one attached hydrogen (secondary N) is 2. The molecule has 220 valence electrons. The third kappa shape index (κ3) is 5.62. The number of benzene rings is 2. The molecule has 12 heteroatoms. The van der Waals surface area contributed by atoms with Crippen LogP contribution in [0.3, 0.4) is 0 Å². The number of amides is 1. The zero-order chi connectivity index (χ0) is 30.1. The van der Waals surface area contributed by atoms with Crippen LogP contribution in [0, 0.1) is 18.6 Å². The Labute approximate surface area is 243 Å². The van der Waals surface area contributed by atoms with Crippen molar-refractivity contribution in [3.63, 3.8) is 0 Å². The summed E-state index contributed by atoms with van der Waals surface area (Å²) in [6.07, 6.45) is 2.23.